The molecule has 4 atom stereocenters. The Morgan fingerprint density at radius 2 is 1.58 bits per heavy atom. The fourth-order valence-electron chi connectivity index (χ4n) is 2.56. The van der Waals surface area contributed by atoms with Gasteiger partial charge in [-0.15, -0.1) is 0 Å². The molecule has 0 aliphatic carbocycles. The number of aliphatic hydroxyl groups excluding tert-OH is 3. The molecule has 134 valence electrons. The average molecular weight is 355 g/mol. The number of ether oxygens (including phenoxy) is 2. The van der Waals surface area contributed by atoms with Crippen molar-refractivity contribution >= 4 is 5.78 Å². The van der Waals surface area contributed by atoms with Gasteiger partial charge in [0.05, 0.1) is 18.2 Å². The maximum absolute atomic E-state index is 12.4. The molecule has 26 heavy (non-hydrogen) atoms. The summed E-state index contributed by atoms with van der Waals surface area (Å²) in [7, 11) is 0. The smallest absolute Gasteiger partial charge is 0.228 e. The van der Waals surface area contributed by atoms with Gasteiger partial charge in [0.15, 0.2) is 5.78 Å². The lowest BCUT2D eigenvalue weighted by atomic mass is 10.0. The minimum atomic E-state index is -1.39. The molecule has 7 heteroatoms. The second kappa shape index (κ2) is 7.64. The lowest BCUT2D eigenvalue weighted by molar-refractivity contribution is -0.242. The van der Waals surface area contributed by atoms with Gasteiger partial charge < -0.3 is 24.8 Å². The highest BCUT2D eigenvalue weighted by Gasteiger charge is 2.38. The summed E-state index contributed by atoms with van der Waals surface area (Å²) < 4.78 is 10.6. The lowest BCUT2D eigenvalue weighted by Gasteiger charge is -2.34. The van der Waals surface area contributed by atoms with Gasteiger partial charge in [0.2, 0.25) is 6.29 Å². The molecule has 1 saturated heterocycles. The first-order chi connectivity index (χ1) is 12.5. The van der Waals surface area contributed by atoms with Crippen molar-refractivity contribution in [3.63, 3.8) is 0 Å². The van der Waals surface area contributed by atoms with Crippen LogP contribution in [0.25, 0.3) is 0 Å². The van der Waals surface area contributed by atoms with E-state index in [4.69, 9.17) is 14.7 Å². The highest BCUT2D eigenvalue weighted by Crippen LogP contribution is 2.22. The van der Waals surface area contributed by atoms with Crippen LogP contribution in [0.2, 0.25) is 0 Å². The summed E-state index contributed by atoms with van der Waals surface area (Å²) in [5.74, 6) is 0.141. The number of nitriles is 1. The fraction of sp³-hybridized carbons (Fsp3) is 0.263. The fourth-order valence-corrected chi connectivity index (χ4v) is 2.56. The Morgan fingerprint density at radius 1 is 1.00 bits per heavy atom. The van der Waals surface area contributed by atoms with Crippen molar-refractivity contribution in [3.05, 3.63) is 65.2 Å². The summed E-state index contributed by atoms with van der Waals surface area (Å²) >= 11 is 0. The highest BCUT2D eigenvalue weighted by atomic mass is 16.7. The summed E-state index contributed by atoms with van der Waals surface area (Å²) in [6, 6.07) is 14.5. The van der Waals surface area contributed by atoms with E-state index in [1.165, 1.54) is 0 Å². The molecule has 1 heterocycles. The third-order valence-electron chi connectivity index (χ3n) is 4.10. The zero-order valence-electron chi connectivity index (χ0n) is 13.6. The third-order valence-corrected chi connectivity index (χ3v) is 4.10. The first-order valence-electron chi connectivity index (χ1n) is 7.97. The van der Waals surface area contributed by atoms with E-state index in [9.17, 15) is 20.1 Å². The van der Waals surface area contributed by atoms with E-state index in [-0.39, 0.29) is 12.4 Å². The topological polar surface area (TPSA) is 120 Å². The van der Waals surface area contributed by atoms with Crippen molar-refractivity contribution in [3.8, 4) is 11.8 Å². The third kappa shape index (κ3) is 3.74. The van der Waals surface area contributed by atoms with E-state index in [2.05, 4.69) is 0 Å². The Hall–Kier alpha value is -2.76. The number of carbonyl (C=O) groups excluding carboxylic acids is 1. The monoisotopic (exact) mass is 355 g/mol. The van der Waals surface area contributed by atoms with E-state index in [1.54, 1.807) is 48.5 Å². The number of aliphatic hydroxyl groups is 3. The van der Waals surface area contributed by atoms with Gasteiger partial charge in [0, 0.05) is 11.1 Å². The van der Waals surface area contributed by atoms with Crippen molar-refractivity contribution in [1.82, 2.24) is 0 Å². The highest BCUT2D eigenvalue weighted by molar-refractivity contribution is 6.09. The molecule has 0 aromatic heterocycles. The number of rotatable bonds is 4. The molecule has 0 unspecified atom stereocenters. The number of ketones is 1. The maximum atomic E-state index is 12.4. The van der Waals surface area contributed by atoms with Crippen molar-refractivity contribution in [2.75, 3.05) is 6.61 Å². The molecule has 0 radical (unpaired) electrons. The minimum absolute atomic E-state index is 0.155. The standard InChI is InChI=1S/C19H17NO6/c20-9-11-1-3-12(4-2-11)16(22)13-5-7-14(8-6-13)26-19-18(24)17(23)15(21)10-25-19/h1-8,15,17-19,21,23-24H,10H2/t15-,17-,18-,19-/m1/s1. The Kier molecular flexibility index (Phi) is 5.30. The van der Waals surface area contributed by atoms with Gasteiger partial charge >= 0.3 is 0 Å². The molecule has 2 aromatic carbocycles. The predicted octanol–water partition coefficient (Wildman–Crippen LogP) is 0.607. The van der Waals surface area contributed by atoms with Crippen molar-refractivity contribution in [1.29, 1.82) is 5.26 Å². The van der Waals surface area contributed by atoms with Gasteiger partial charge in [0.1, 0.15) is 24.1 Å². The van der Waals surface area contributed by atoms with Crippen LogP contribution in [0.4, 0.5) is 0 Å². The summed E-state index contributed by atoms with van der Waals surface area (Å²) in [5, 5.41) is 37.7. The number of hydrogen-bond donors (Lipinski definition) is 3. The van der Waals surface area contributed by atoms with Crippen LogP contribution in [0.3, 0.4) is 0 Å². The summed E-state index contributed by atoms with van der Waals surface area (Å²) in [5.41, 5.74) is 1.37. The molecule has 3 N–H and O–H groups in total. The molecule has 0 spiro atoms. The molecule has 7 nitrogen and oxygen atoms in total. The maximum Gasteiger partial charge on any atom is 0.228 e. The van der Waals surface area contributed by atoms with Gasteiger partial charge in [0.25, 0.3) is 0 Å². The number of hydrogen-bond acceptors (Lipinski definition) is 7. The molecule has 1 aliphatic heterocycles. The van der Waals surface area contributed by atoms with Crippen molar-refractivity contribution in [2.24, 2.45) is 0 Å². The molecule has 1 aliphatic rings. The molecule has 2 aromatic rings. The predicted molar refractivity (Wildman–Crippen MR) is 89.4 cm³/mol. The number of nitrogens with zero attached hydrogens (tertiary/aromatic N) is 1. The SMILES string of the molecule is N#Cc1ccc(C(=O)c2ccc(O[C@H]3OC[C@@H](O)[C@@H](O)[C@H]3O)cc2)cc1. The van der Waals surface area contributed by atoms with Crippen LogP contribution in [-0.2, 0) is 4.74 Å². The largest absolute Gasteiger partial charge is 0.462 e. The van der Waals surface area contributed by atoms with E-state index in [0.717, 1.165) is 0 Å². The van der Waals surface area contributed by atoms with E-state index >= 15 is 0 Å². The molecule has 0 saturated carbocycles. The minimum Gasteiger partial charge on any atom is -0.462 e. The van der Waals surface area contributed by atoms with E-state index in [1.807, 2.05) is 6.07 Å². The zero-order valence-corrected chi connectivity index (χ0v) is 13.6. The number of benzene rings is 2. The van der Waals surface area contributed by atoms with Crippen LogP contribution in [-0.4, -0.2) is 52.3 Å². The first-order valence-corrected chi connectivity index (χ1v) is 7.97. The molecular weight excluding hydrogens is 338 g/mol. The second-order valence-corrected chi connectivity index (χ2v) is 5.91. The quantitative estimate of drug-likeness (QED) is 0.687. The molecular formula is C19H17NO6. The van der Waals surface area contributed by atoms with Gasteiger partial charge in [-0.2, -0.15) is 5.26 Å². The second-order valence-electron chi connectivity index (χ2n) is 5.91. The van der Waals surface area contributed by atoms with Crippen LogP contribution in [0.1, 0.15) is 21.5 Å². The van der Waals surface area contributed by atoms with Crippen molar-refractivity contribution < 1.29 is 29.6 Å². The van der Waals surface area contributed by atoms with Gasteiger partial charge in [-0.05, 0) is 48.5 Å². The number of carbonyl (C=O) groups is 1. The van der Waals surface area contributed by atoms with Crippen LogP contribution >= 0.6 is 0 Å². The van der Waals surface area contributed by atoms with E-state index in [0.29, 0.717) is 22.4 Å². The Bertz CT molecular complexity index is 811. The summed E-state index contributed by atoms with van der Waals surface area (Å²) in [6.45, 7) is -0.155. The zero-order chi connectivity index (χ0) is 18.7. The Balaban J connectivity index is 1.68. The molecule has 1 fully saturated rings. The van der Waals surface area contributed by atoms with Gasteiger partial charge in [-0.3, -0.25) is 4.79 Å². The van der Waals surface area contributed by atoms with Gasteiger partial charge in [-0.25, -0.2) is 0 Å². The Labute approximate surface area is 149 Å². The van der Waals surface area contributed by atoms with Crippen LogP contribution < -0.4 is 4.74 Å². The normalized spacial score (nSPS) is 25.3. The summed E-state index contributed by atoms with van der Waals surface area (Å²) in [6.07, 6.45) is -5.03. The molecule has 0 amide bonds. The molecule has 3 rings (SSSR count). The first kappa shape index (κ1) is 18.0. The molecule has 0 bridgehead atoms. The summed E-state index contributed by atoms with van der Waals surface area (Å²) in [4.78, 5) is 12.4. The average Bonchev–Trinajstić information content (AvgIpc) is 2.68. The van der Waals surface area contributed by atoms with Gasteiger partial charge in [-0.1, -0.05) is 0 Å². The van der Waals surface area contributed by atoms with Crippen LogP contribution in [0.15, 0.2) is 48.5 Å². The Morgan fingerprint density at radius 3 is 2.15 bits per heavy atom. The lowest BCUT2D eigenvalue weighted by Crippen LogP contribution is -2.54. The van der Waals surface area contributed by atoms with E-state index < -0.39 is 24.6 Å². The van der Waals surface area contributed by atoms with Crippen LogP contribution in [0.5, 0.6) is 5.75 Å². The van der Waals surface area contributed by atoms with Crippen molar-refractivity contribution in [2.45, 2.75) is 24.6 Å². The van der Waals surface area contributed by atoms with Crippen LogP contribution in [0, 0.1) is 11.3 Å².